The maximum Gasteiger partial charge on any atom is 0.271 e. The van der Waals surface area contributed by atoms with E-state index in [-0.39, 0.29) is 23.8 Å². The van der Waals surface area contributed by atoms with E-state index in [1.54, 1.807) is 37.7 Å². The molecule has 13 heteroatoms. The molecule has 0 spiro atoms. The standard InChI is InChI=1S/C33H33FN8O4/c1-4-46-26-13-14-42(24-11-7-22(34)8-12-24)33(45)29(26)32(44)36-23-9-5-21(6-10-23)25-19-27(37-31-28(25)30(35)38-39(31)3)41-17-15-40(16-18-41)20(2)43/h5-14,19H,4,15-18H2,1-3H3,(H2,35,38)(H,36,44). The van der Waals surface area contributed by atoms with Gasteiger partial charge in [-0.1, -0.05) is 12.1 Å². The highest BCUT2D eigenvalue weighted by Gasteiger charge is 2.24. The van der Waals surface area contributed by atoms with Gasteiger partial charge in [0.2, 0.25) is 5.91 Å². The number of rotatable bonds is 7. The molecular weight excluding hydrogens is 591 g/mol. The molecule has 0 aliphatic carbocycles. The Hall–Kier alpha value is -5.72. The lowest BCUT2D eigenvalue weighted by atomic mass is 10.0. The Balaban J connectivity index is 1.31. The molecule has 0 radical (unpaired) electrons. The number of ether oxygens (including phenoxy) is 1. The fourth-order valence-electron chi connectivity index (χ4n) is 5.64. The molecule has 3 N–H and O–H groups in total. The van der Waals surface area contributed by atoms with Gasteiger partial charge in [-0.25, -0.2) is 14.1 Å². The summed E-state index contributed by atoms with van der Waals surface area (Å²) >= 11 is 0. The van der Waals surface area contributed by atoms with Crippen molar-refractivity contribution in [3.8, 4) is 22.6 Å². The number of amides is 2. The predicted octanol–water partition coefficient (Wildman–Crippen LogP) is 3.83. The Morgan fingerprint density at radius 1 is 1.02 bits per heavy atom. The number of nitrogens with two attached hydrogens (primary N) is 1. The Kier molecular flexibility index (Phi) is 8.14. The van der Waals surface area contributed by atoms with E-state index >= 15 is 0 Å². The van der Waals surface area contributed by atoms with Crippen LogP contribution in [0.3, 0.4) is 0 Å². The number of hydrogen-bond donors (Lipinski definition) is 2. The summed E-state index contributed by atoms with van der Waals surface area (Å²) in [7, 11) is 1.79. The van der Waals surface area contributed by atoms with E-state index in [0.717, 1.165) is 16.9 Å². The average molecular weight is 625 g/mol. The molecule has 1 fully saturated rings. The van der Waals surface area contributed by atoms with Crippen LogP contribution in [0.4, 0.5) is 21.7 Å². The predicted molar refractivity (Wildman–Crippen MR) is 174 cm³/mol. The second-order valence-corrected chi connectivity index (χ2v) is 10.9. The van der Waals surface area contributed by atoms with Crippen molar-refractivity contribution in [2.24, 2.45) is 7.05 Å². The number of nitrogen functional groups attached to an aromatic ring is 1. The third-order valence-corrected chi connectivity index (χ3v) is 8.00. The first kappa shape index (κ1) is 30.3. The number of aromatic nitrogens is 4. The zero-order valence-electron chi connectivity index (χ0n) is 25.7. The van der Waals surface area contributed by atoms with Gasteiger partial charge in [-0.15, -0.1) is 0 Å². The second-order valence-electron chi connectivity index (χ2n) is 10.9. The van der Waals surface area contributed by atoms with Crippen molar-refractivity contribution < 1.29 is 18.7 Å². The van der Waals surface area contributed by atoms with Crippen molar-refractivity contribution in [2.45, 2.75) is 13.8 Å². The number of hydrogen-bond acceptors (Lipinski definition) is 8. The molecule has 5 aromatic rings. The molecule has 3 aromatic heterocycles. The van der Waals surface area contributed by atoms with Crippen LogP contribution in [-0.2, 0) is 11.8 Å². The van der Waals surface area contributed by atoms with Crippen molar-refractivity contribution in [1.82, 2.24) is 24.2 Å². The van der Waals surface area contributed by atoms with Crippen LogP contribution in [0.25, 0.3) is 27.8 Å². The fourth-order valence-corrected chi connectivity index (χ4v) is 5.64. The zero-order valence-corrected chi connectivity index (χ0v) is 25.7. The molecule has 0 bridgehead atoms. The first-order valence-corrected chi connectivity index (χ1v) is 14.8. The minimum atomic E-state index is -0.646. The fraction of sp³-hybridized carbons (Fsp3) is 0.242. The van der Waals surface area contributed by atoms with Gasteiger partial charge in [0.25, 0.3) is 11.5 Å². The van der Waals surface area contributed by atoms with E-state index in [2.05, 4.69) is 15.3 Å². The number of carbonyl (C=O) groups is 2. The summed E-state index contributed by atoms with van der Waals surface area (Å²) in [6.45, 7) is 6.07. The molecule has 46 heavy (non-hydrogen) atoms. The van der Waals surface area contributed by atoms with Crippen molar-refractivity contribution in [2.75, 3.05) is 48.7 Å². The summed E-state index contributed by atoms with van der Waals surface area (Å²) < 4.78 is 22.0. The normalized spacial score (nSPS) is 13.2. The highest BCUT2D eigenvalue weighted by Crippen LogP contribution is 2.35. The lowest BCUT2D eigenvalue weighted by molar-refractivity contribution is -0.129. The maximum atomic E-state index is 13.5. The number of halogens is 1. The molecule has 1 saturated heterocycles. The Bertz CT molecular complexity index is 2000. The summed E-state index contributed by atoms with van der Waals surface area (Å²) in [5, 5.41) is 7.91. The lowest BCUT2D eigenvalue weighted by Crippen LogP contribution is -2.48. The zero-order chi connectivity index (χ0) is 32.5. The van der Waals surface area contributed by atoms with Crippen molar-refractivity contribution in [3.63, 3.8) is 0 Å². The molecular formula is C33H33FN8O4. The Labute approximate surface area is 263 Å². The van der Waals surface area contributed by atoms with Gasteiger partial charge in [0.05, 0.1) is 12.0 Å². The number of aryl methyl sites for hydroxylation is 1. The SMILES string of the molecule is CCOc1ccn(-c2ccc(F)cc2)c(=O)c1C(=O)Nc1ccc(-c2cc(N3CCN(C(C)=O)CC3)nc3c2c(N)nn3C)cc1. The minimum Gasteiger partial charge on any atom is -0.493 e. The summed E-state index contributed by atoms with van der Waals surface area (Å²) in [6, 6.07) is 16.1. The number of fused-ring (bicyclic) bond motifs is 1. The smallest absolute Gasteiger partial charge is 0.271 e. The van der Waals surface area contributed by atoms with Gasteiger partial charge in [0.1, 0.15) is 22.9 Å². The van der Waals surface area contributed by atoms with E-state index in [1.807, 2.05) is 23.1 Å². The molecule has 0 atom stereocenters. The number of nitrogens with zero attached hydrogens (tertiary/aromatic N) is 6. The van der Waals surface area contributed by atoms with Crippen LogP contribution < -0.4 is 26.2 Å². The molecule has 2 aromatic carbocycles. The van der Waals surface area contributed by atoms with Gasteiger partial charge in [-0.3, -0.25) is 19.0 Å². The third-order valence-electron chi connectivity index (χ3n) is 8.00. The number of pyridine rings is 2. The van der Waals surface area contributed by atoms with Crippen molar-refractivity contribution >= 4 is 40.2 Å². The monoisotopic (exact) mass is 624 g/mol. The van der Waals surface area contributed by atoms with Crippen LogP contribution >= 0.6 is 0 Å². The van der Waals surface area contributed by atoms with Crippen molar-refractivity contribution in [1.29, 1.82) is 0 Å². The van der Waals surface area contributed by atoms with Crippen LogP contribution in [-0.4, -0.2) is 68.8 Å². The number of nitrogens with one attached hydrogen (secondary N) is 1. The molecule has 0 unspecified atom stereocenters. The average Bonchev–Trinajstić information content (AvgIpc) is 3.34. The summed E-state index contributed by atoms with van der Waals surface area (Å²) in [6.07, 6.45) is 1.49. The molecule has 1 aliphatic rings. The molecule has 6 rings (SSSR count). The molecule has 236 valence electrons. The van der Waals surface area contributed by atoms with Crippen LogP contribution in [0.1, 0.15) is 24.2 Å². The Morgan fingerprint density at radius 3 is 2.37 bits per heavy atom. The first-order chi connectivity index (χ1) is 22.1. The topological polar surface area (TPSA) is 141 Å². The van der Waals surface area contributed by atoms with Crippen LogP contribution in [0, 0.1) is 5.82 Å². The molecule has 2 amide bonds. The molecule has 0 saturated carbocycles. The van der Waals surface area contributed by atoms with Crippen LogP contribution in [0.2, 0.25) is 0 Å². The van der Waals surface area contributed by atoms with E-state index in [1.165, 1.54) is 41.1 Å². The van der Waals surface area contributed by atoms with Gasteiger partial charge in [-0.2, -0.15) is 5.10 Å². The van der Waals surface area contributed by atoms with Crippen molar-refractivity contribution in [3.05, 3.63) is 88.6 Å². The van der Waals surface area contributed by atoms with E-state index in [4.69, 9.17) is 15.5 Å². The summed E-state index contributed by atoms with van der Waals surface area (Å²) in [4.78, 5) is 47.6. The van der Waals surface area contributed by atoms with E-state index in [9.17, 15) is 18.8 Å². The van der Waals surface area contributed by atoms with Gasteiger partial charge in [-0.05, 0) is 61.0 Å². The Morgan fingerprint density at radius 2 is 1.72 bits per heavy atom. The number of piperazine rings is 1. The quantitative estimate of drug-likeness (QED) is 0.279. The second kappa shape index (κ2) is 12.3. The van der Waals surface area contributed by atoms with E-state index in [0.29, 0.717) is 54.4 Å². The number of benzene rings is 2. The highest BCUT2D eigenvalue weighted by molar-refractivity contribution is 6.06. The minimum absolute atomic E-state index is 0.0512. The molecule has 12 nitrogen and oxygen atoms in total. The molecule has 4 heterocycles. The van der Waals surface area contributed by atoms with Gasteiger partial charge in [0.15, 0.2) is 11.5 Å². The van der Waals surface area contributed by atoms with Crippen LogP contribution in [0.15, 0.2) is 71.7 Å². The maximum absolute atomic E-state index is 13.5. The number of anilines is 3. The van der Waals surface area contributed by atoms with Gasteiger partial charge < -0.3 is 25.6 Å². The largest absolute Gasteiger partial charge is 0.493 e. The van der Waals surface area contributed by atoms with Gasteiger partial charge in [0, 0.05) is 63.3 Å². The first-order valence-electron chi connectivity index (χ1n) is 14.8. The van der Waals surface area contributed by atoms with Crippen LogP contribution in [0.5, 0.6) is 5.75 Å². The summed E-state index contributed by atoms with van der Waals surface area (Å²) in [5.74, 6) is 0.198. The highest BCUT2D eigenvalue weighted by atomic mass is 19.1. The molecule has 1 aliphatic heterocycles. The van der Waals surface area contributed by atoms with E-state index < -0.39 is 17.3 Å². The van der Waals surface area contributed by atoms with Gasteiger partial charge >= 0.3 is 0 Å². The third kappa shape index (κ3) is 5.74. The summed E-state index contributed by atoms with van der Waals surface area (Å²) in [5.41, 5.74) is 8.68. The number of carbonyl (C=O) groups excluding carboxylic acids is 2. The lowest BCUT2D eigenvalue weighted by Gasteiger charge is -2.35.